The van der Waals surface area contributed by atoms with Crippen LogP contribution in [0.3, 0.4) is 0 Å². The lowest BCUT2D eigenvalue weighted by Gasteiger charge is -2.22. The van der Waals surface area contributed by atoms with Crippen LogP contribution in [-0.4, -0.2) is 28.1 Å². The van der Waals surface area contributed by atoms with Crippen LogP contribution < -0.4 is 10.6 Å². The standard InChI is InChI=1S/C19H25BrN4O2S/c1-4-6-7-15(25)21-16(12(3)5-2)17(26)22-19-24-23-18(27-19)13-8-10-14(20)11-9-13/h8-12,16H,4-7H2,1-3H3,(H,21,25)(H,22,24,26). The molecule has 146 valence electrons. The summed E-state index contributed by atoms with van der Waals surface area (Å²) in [7, 11) is 0. The lowest BCUT2D eigenvalue weighted by atomic mass is 9.98. The number of hydrogen-bond acceptors (Lipinski definition) is 5. The Morgan fingerprint density at radius 2 is 1.89 bits per heavy atom. The van der Waals surface area contributed by atoms with Crippen LogP contribution in [0.15, 0.2) is 28.7 Å². The minimum atomic E-state index is -0.584. The molecular formula is C19H25BrN4O2S. The van der Waals surface area contributed by atoms with Crippen molar-refractivity contribution in [2.24, 2.45) is 5.92 Å². The molecule has 0 aliphatic heterocycles. The molecule has 0 aliphatic rings. The number of amides is 2. The smallest absolute Gasteiger partial charge is 0.249 e. The number of carbonyl (C=O) groups is 2. The van der Waals surface area contributed by atoms with Crippen LogP contribution in [0.5, 0.6) is 0 Å². The van der Waals surface area contributed by atoms with Gasteiger partial charge in [-0.05, 0) is 24.5 Å². The molecule has 6 nitrogen and oxygen atoms in total. The second-order valence-electron chi connectivity index (χ2n) is 6.44. The first-order chi connectivity index (χ1) is 12.9. The second kappa shape index (κ2) is 10.5. The van der Waals surface area contributed by atoms with Gasteiger partial charge in [0.15, 0.2) is 0 Å². The Labute approximate surface area is 172 Å². The van der Waals surface area contributed by atoms with Crippen LogP contribution in [0.4, 0.5) is 5.13 Å². The molecule has 27 heavy (non-hydrogen) atoms. The Hall–Kier alpha value is -1.80. The first-order valence-corrected chi connectivity index (χ1v) is 10.7. The quantitative estimate of drug-likeness (QED) is 0.580. The van der Waals surface area contributed by atoms with Gasteiger partial charge in [0.05, 0.1) is 0 Å². The van der Waals surface area contributed by atoms with Gasteiger partial charge in [0.25, 0.3) is 0 Å². The maximum Gasteiger partial charge on any atom is 0.249 e. The van der Waals surface area contributed by atoms with Gasteiger partial charge in [0.1, 0.15) is 11.0 Å². The Kier molecular flexibility index (Phi) is 8.37. The Bertz CT molecular complexity index is 763. The average molecular weight is 453 g/mol. The number of anilines is 1. The van der Waals surface area contributed by atoms with E-state index < -0.39 is 6.04 Å². The van der Waals surface area contributed by atoms with E-state index in [9.17, 15) is 9.59 Å². The Morgan fingerprint density at radius 3 is 2.52 bits per heavy atom. The van der Waals surface area contributed by atoms with E-state index in [1.165, 1.54) is 11.3 Å². The fourth-order valence-electron chi connectivity index (χ4n) is 2.45. The third-order valence-corrected chi connectivity index (χ3v) is 5.73. The van der Waals surface area contributed by atoms with Gasteiger partial charge < -0.3 is 5.32 Å². The largest absolute Gasteiger partial charge is 0.344 e. The third kappa shape index (κ3) is 6.39. The SMILES string of the molecule is CCCCC(=O)NC(C(=O)Nc1nnc(-c2ccc(Br)cc2)s1)C(C)CC. The minimum absolute atomic E-state index is 0.0226. The van der Waals surface area contributed by atoms with E-state index in [2.05, 4.69) is 36.8 Å². The maximum absolute atomic E-state index is 12.7. The number of rotatable bonds is 9. The van der Waals surface area contributed by atoms with Gasteiger partial charge in [-0.25, -0.2) is 0 Å². The van der Waals surface area contributed by atoms with E-state index in [0.717, 1.165) is 34.3 Å². The van der Waals surface area contributed by atoms with E-state index in [4.69, 9.17) is 0 Å². The predicted octanol–water partition coefficient (Wildman–Crippen LogP) is 4.63. The molecule has 2 rings (SSSR count). The van der Waals surface area contributed by atoms with Crippen LogP contribution in [-0.2, 0) is 9.59 Å². The van der Waals surface area contributed by atoms with Crippen LogP contribution in [0.25, 0.3) is 10.6 Å². The molecule has 0 saturated carbocycles. The van der Waals surface area contributed by atoms with Crippen molar-refractivity contribution in [3.63, 3.8) is 0 Å². The summed E-state index contributed by atoms with van der Waals surface area (Å²) in [5, 5.41) is 15.0. The topological polar surface area (TPSA) is 84.0 Å². The molecule has 2 atom stereocenters. The summed E-state index contributed by atoms with van der Waals surface area (Å²) in [5.74, 6) is -0.327. The summed E-state index contributed by atoms with van der Waals surface area (Å²) in [6, 6.07) is 7.15. The van der Waals surface area contributed by atoms with E-state index >= 15 is 0 Å². The van der Waals surface area contributed by atoms with Crippen molar-refractivity contribution in [1.82, 2.24) is 15.5 Å². The van der Waals surface area contributed by atoms with Crippen molar-refractivity contribution in [2.45, 2.75) is 52.5 Å². The van der Waals surface area contributed by atoms with Gasteiger partial charge in [0, 0.05) is 16.5 Å². The Balaban J connectivity index is 2.05. The van der Waals surface area contributed by atoms with Crippen LogP contribution in [0, 0.1) is 5.92 Å². The molecule has 0 aliphatic carbocycles. The minimum Gasteiger partial charge on any atom is -0.344 e. The van der Waals surface area contributed by atoms with E-state index in [-0.39, 0.29) is 17.7 Å². The molecule has 8 heteroatoms. The molecule has 2 unspecified atom stereocenters. The molecule has 0 spiro atoms. The fraction of sp³-hybridized carbons (Fsp3) is 0.474. The monoisotopic (exact) mass is 452 g/mol. The zero-order chi connectivity index (χ0) is 19.8. The van der Waals surface area contributed by atoms with Crippen molar-refractivity contribution >= 4 is 44.2 Å². The molecule has 1 aromatic heterocycles. The lowest BCUT2D eigenvalue weighted by molar-refractivity contribution is -0.127. The number of halogens is 1. The van der Waals surface area contributed by atoms with Crippen molar-refractivity contribution in [2.75, 3.05) is 5.32 Å². The zero-order valence-corrected chi connectivity index (χ0v) is 18.2. The van der Waals surface area contributed by atoms with Gasteiger partial charge in [-0.15, -0.1) is 10.2 Å². The van der Waals surface area contributed by atoms with Gasteiger partial charge in [0.2, 0.25) is 16.9 Å². The first kappa shape index (κ1) is 21.5. The summed E-state index contributed by atoms with van der Waals surface area (Å²) in [5.41, 5.74) is 0.933. The number of aromatic nitrogens is 2. The van der Waals surface area contributed by atoms with Gasteiger partial charge in [-0.3, -0.25) is 14.9 Å². The highest BCUT2D eigenvalue weighted by Crippen LogP contribution is 2.27. The summed E-state index contributed by atoms with van der Waals surface area (Å²) in [4.78, 5) is 24.8. The van der Waals surface area contributed by atoms with Crippen LogP contribution >= 0.6 is 27.3 Å². The summed E-state index contributed by atoms with van der Waals surface area (Å²) in [6.45, 7) is 5.99. The van der Waals surface area contributed by atoms with Crippen molar-refractivity contribution in [3.8, 4) is 10.6 Å². The maximum atomic E-state index is 12.7. The molecule has 0 fully saturated rings. The second-order valence-corrected chi connectivity index (χ2v) is 8.34. The van der Waals surface area contributed by atoms with Crippen molar-refractivity contribution in [3.05, 3.63) is 28.7 Å². The van der Waals surface area contributed by atoms with Crippen molar-refractivity contribution in [1.29, 1.82) is 0 Å². The molecular weight excluding hydrogens is 428 g/mol. The highest BCUT2D eigenvalue weighted by molar-refractivity contribution is 9.10. The zero-order valence-electron chi connectivity index (χ0n) is 15.8. The van der Waals surface area contributed by atoms with E-state index in [1.807, 2.05) is 45.0 Å². The first-order valence-electron chi connectivity index (χ1n) is 9.14. The number of carbonyl (C=O) groups excluding carboxylic acids is 2. The predicted molar refractivity (Wildman–Crippen MR) is 113 cm³/mol. The highest BCUT2D eigenvalue weighted by atomic mass is 79.9. The summed E-state index contributed by atoms with van der Waals surface area (Å²) in [6.07, 6.45) is 2.97. The average Bonchev–Trinajstić information content (AvgIpc) is 3.12. The highest BCUT2D eigenvalue weighted by Gasteiger charge is 2.26. The van der Waals surface area contributed by atoms with Gasteiger partial charge in [-0.1, -0.05) is 73.0 Å². The molecule has 2 amide bonds. The fourth-order valence-corrected chi connectivity index (χ4v) is 3.47. The molecule has 2 N–H and O–H groups in total. The molecule has 0 saturated heterocycles. The van der Waals surface area contributed by atoms with Gasteiger partial charge >= 0.3 is 0 Å². The number of nitrogens with zero attached hydrogens (tertiary/aromatic N) is 2. The van der Waals surface area contributed by atoms with Crippen LogP contribution in [0.1, 0.15) is 46.5 Å². The molecule has 1 aromatic carbocycles. The Morgan fingerprint density at radius 1 is 1.19 bits per heavy atom. The van der Waals surface area contributed by atoms with E-state index in [0.29, 0.717) is 11.6 Å². The van der Waals surface area contributed by atoms with Gasteiger partial charge in [-0.2, -0.15) is 0 Å². The number of benzene rings is 1. The summed E-state index contributed by atoms with van der Waals surface area (Å²) >= 11 is 4.71. The molecule has 0 radical (unpaired) electrons. The number of unbranched alkanes of at least 4 members (excludes halogenated alkanes) is 1. The normalized spacial score (nSPS) is 13.0. The molecule has 0 bridgehead atoms. The molecule has 2 aromatic rings. The van der Waals surface area contributed by atoms with Crippen molar-refractivity contribution < 1.29 is 9.59 Å². The number of nitrogens with one attached hydrogen (secondary N) is 2. The summed E-state index contributed by atoms with van der Waals surface area (Å²) < 4.78 is 0.986. The lowest BCUT2D eigenvalue weighted by Crippen LogP contribution is -2.47. The van der Waals surface area contributed by atoms with Crippen LogP contribution in [0.2, 0.25) is 0 Å². The van der Waals surface area contributed by atoms with E-state index in [1.54, 1.807) is 0 Å². The molecule has 1 heterocycles. The number of hydrogen-bond donors (Lipinski definition) is 2. The third-order valence-electron chi connectivity index (χ3n) is 4.32.